The van der Waals surface area contributed by atoms with Crippen molar-refractivity contribution >= 4 is 0 Å². The third-order valence-electron chi connectivity index (χ3n) is 2.04. The van der Waals surface area contributed by atoms with Crippen LogP contribution in [0.5, 0.6) is 0 Å². The molecule has 1 aromatic rings. The van der Waals surface area contributed by atoms with Gasteiger partial charge in [-0.2, -0.15) is 0 Å². The highest BCUT2D eigenvalue weighted by molar-refractivity contribution is 5.23. The molecule has 0 aromatic carbocycles. The van der Waals surface area contributed by atoms with Gasteiger partial charge in [0, 0.05) is 25.3 Å². The van der Waals surface area contributed by atoms with Gasteiger partial charge in [0.05, 0.1) is 0 Å². The number of pyridine rings is 1. The Labute approximate surface area is 89.8 Å². The Morgan fingerprint density at radius 3 is 2.31 bits per heavy atom. The second kappa shape index (κ2) is 3.13. The topological polar surface area (TPSA) is 3.88 Å². The molecule has 0 radical (unpaired) electrons. The Kier molecular flexibility index (Phi) is 1.10. The first-order valence-electron chi connectivity index (χ1n) is 7.30. The van der Waals surface area contributed by atoms with Gasteiger partial charge in [0.1, 0.15) is 7.05 Å². The Hall–Kier alpha value is -0.850. The molecule has 0 bridgehead atoms. The van der Waals surface area contributed by atoms with E-state index in [1.165, 1.54) is 12.3 Å². The Balaban J connectivity index is 3.66. The van der Waals surface area contributed by atoms with Crippen LogP contribution in [0.2, 0.25) is 0 Å². The summed E-state index contributed by atoms with van der Waals surface area (Å²) in [6, 6.07) is 1.49. The van der Waals surface area contributed by atoms with Gasteiger partial charge < -0.3 is 0 Å². The van der Waals surface area contributed by atoms with Gasteiger partial charge in [-0.05, 0) is 19.3 Å². The van der Waals surface area contributed by atoms with Crippen molar-refractivity contribution in [2.75, 3.05) is 0 Å². The molecule has 72 valence electrons. The molecule has 0 aliphatic heterocycles. The van der Waals surface area contributed by atoms with Crippen LogP contribution in [0.3, 0.4) is 0 Å². The molecule has 0 N–H and O–H groups in total. The van der Waals surface area contributed by atoms with E-state index in [0.717, 1.165) is 5.69 Å². The summed E-state index contributed by atoms with van der Waals surface area (Å²) >= 11 is 0. The molecule has 0 aliphatic carbocycles. The molecule has 1 nitrogen and oxygen atoms in total. The van der Waals surface area contributed by atoms with Crippen LogP contribution >= 0.6 is 0 Å². The number of hydrogen-bond donors (Lipinski definition) is 0. The summed E-state index contributed by atoms with van der Waals surface area (Å²) in [5, 5.41) is 0. The van der Waals surface area contributed by atoms with E-state index >= 15 is 0 Å². The molecule has 0 aliphatic rings. The highest BCUT2D eigenvalue weighted by atomic mass is 14.9. The molecule has 13 heavy (non-hydrogen) atoms. The SMILES string of the molecule is [2H]C([2H])([2H])c1cc(C(C)(C)C)[n+](C)cc1C([2H])([2H])[2H]. The molecule has 0 saturated heterocycles. The van der Waals surface area contributed by atoms with Gasteiger partial charge in [-0.25, -0.2) is 4.57 Å². The van der Waals surface area contributed by atoms with Crippen LogP contribution in [-0.4, -0.2) is 0 Å². The Bertz CT molecular complexity index is 479. The van der Waals surface area contributed by atoms with Crippen LogP contribution in [0, 0.1) is 13.7 Å². The van der Waals surface area contributed by atoms with Crippen LogP contribution < -0.4 is 4.57 Å². The van der Waals surface area contributed by atoms with E-state index in [1.807, 2.05) is 20.8 Å². The van der Waals surface area contributed by atoms with Crippen LogP contribution in [0.1, 0.15) is 45.8 Å². The van der Waals surface area contributed by atoms with E-state index in [2.05, 4.69) is 0 Å². The number of aromatic nitrogens is 1. The number of aryl methyl sites for hydroxylation is 3. The fourth-order valence-electron chi connectivity index (χ4n) is 1.39. The zero-order chi connectivity index (χ0) is 15.2. The third-order valence-corrected chi connectivity index (χ3v) is 2.04. The fourth-order valence-corrected chi connectivity index (χ4v) is 1.39. The van der Waals surface area contributed by atoms with Gasteiger partial charge >= 0.3 is 0 Å². The van der Waals surface area contributed by atoms with Crippen LogP contribution in [0.4, 0.5) is 0 Å². The largest absolute Gasteiger partial charge is 0.204 e. The lowest BCUT2D eigenvalue weighted by Crippen LogP contribution is -2.39. The summed E-state index contributed by atoms with van der Waals surface area (Å²) < 4.78 is 46.8. The average molecular weight is 184 g/mol. The molecule has 1 heterocycles. The summed E-state index contributed by atoms with van der Waals surface area (Å²) in [7, 11) is 1.74. The van der Waals surface area contributed by atoms with Gasteiger partial charge in [0.2, 0.25) is 0 Å². The van der Waals surface area contributed by atoms with Gasteiger partial charge in [-0.15, -0.1) is 0 Å². The highest BCUT2D eigenvalue weighted by Gasteiger charge is 2.23. The minimum absolute atomic E-state index is 0.0875. The quantitative estimate of drug-likeness (QED) is 0.545. The first-order chi connectivity index (χ1) is 8.24. The third kappa shape index (κ3) is 2.09. The van der Waals surface area contributed by atoms with Crippen LogP contribution in [0.25, 0.3) is 0 Å². The summed E-state index contributed by atoms with van der Waals surface area (Å²) in [6.45, 7) is 1.01. The molecular formula is C12H20N+. The zero-order valence-corrected chi connectivity index (χ0v) is 8.60. The van der Waals surface area contributed by atoms with Gasteiger partial charge in [0.25, 0.3) is 0 Å². The second-order valence-corrected chi connectivity index (χ2v) is 4.35. The maximum absolute atomic E-state index is 7.54. The minimum atomic E-state index is -2.43. The lowest BCUT2D eigenvalue weighted by atomic mass is 9.90. The van der Waals surface area contributed by atoms with Crippen molar-refractivity contribution in [1.29, 1.82) is 0 Å². The molecule has 0 amide bonds. The molecule has 0 spiro atoms. The van der Waals surface area contributed by atoms with Crippen LogP contribution in [0.15, 0.2) is 12.3 Å². The van der Waals surface area contributed by atoms with Crippen molar-refractivity contribution in [3.05, 3.63) is 29.1 Å². The lowest BCUT2D eigenvalue weighted by Gasteiger charge is -2.16. The van der Waals surface area contributed by atoms with Crippen molar-refractivity contribution in [3.63, 3.8) is 0 Å². The van der Waals surface area contributed by atoms with E-state index in [9.17, 15) is 0 Å². The van der Waals surface area contributed by atoms with Gasteiger partial charge in [0.15, 0.2) is 11.9 Å². The number of rotatable bonds is 0. The van der Waals surface area contributed by atoms with Crippen molar-refractivity contribution < 1.29 is 12.8 Å². The first-order valence-corrected chi connectivity index (χ1v) is 4.30. The van der Waals surface area contributed by atoms with E-state index in [1.54, 1.807) is 11.6 Å². The second-order valence-electron chi connectivity index (χ2n) is 4.35. The van der Waals surface area contributed by atoms with Crippen molar-refractivity contribution in [2.45, 2.75) is 39.9 Å². The summed E-state index contributed by atoms with van der Waals surface area (Å²) in [6.07, 6.45) is 1.41. The van der Waals surface area contributed by atoms with Crippen LogP contribution in [-0.2, 0) is 12.5 Å². The van der Waals surface area contributed by atoms with E-state index in [4.69, 9.17) is 8.22 Å². The number of hydrogen-bond acceptors (Lipinski definition) is 0. The predicted octanol–water partition coefficient (Wildman–Crippen LogP) is 2.43. The maximum Gasteiger partial charge on any atom is 0.186 e. The average Bonchev–Trinajstić information content (AvgIpc) is 2.11. The lowest BCUT2D eigenvalue weighted by molar-refractivity contribution is -0.682. The molecule has 1 rings (SSSR count). The Morgan fingerprint density at radius 1 is 1.23 bits per heavy atom. The summed E-state index contributed by atoms with van der Waals surface area (Å²) in [5.74, 6) is 0. The van der Waals surface area contributed by atoms with Gasteiger partial charge in [-0.1, -0.05) is 20.8 Å². The normalized spacial score (nSPS) is 20.6. The standard InChI is InChI=1S/C12H20N/c1-9-7-11(12(3,4)5)13(6)8-10(9)2/h7-8H,1-6H3/q+1/i1D3,2D3. The summed E-state index contributed by atoms with van der Waals surface area (Å²) in [4.78, 5) is 0. The molecule has 1 aromatic heterocycles. The molecule has 1 heteroatoms. The minimum Gasteiger partial charge on any atom is -0.204 e. The first kappa shape index (κ1) is 4.59. The molecule has 0 saturated carbocycles. The Morgan fingerprint density at radius 2 is 1.85 bits per heavy atom. The predicted molar refractivity (Wildman–Crippen MR) is 55.8 cm³/mol. The number of nitrogens with zero attached hydrogens (tertiary/aromatic N) is 1. The van der Waals surface area contributed by atoms with Gasteiger partial charge in [-0.3, -0.25) is 0 Å². The smallest absolute Gasteiger partial charge is 0.186 e. The highest BCUT2D eigenvalue weighted by Crippen LogP contribution is 2.20. The van der Waals surface area contributed by atoms with Crippen molar-refractivity contribution in [1.82, 2.24) is 0 Å². The molecule has 0 atom stereocenters. The van der Waals surface area contributed by atoms with E-state index < -0.39 is 13.7 Å². The maximum atomic E-state index is 7.54. The molecular weight excluding hydrogens is 158 g/mol. The zero-order valence-electron chi connectivity index (χ0n) is 14.6. The monoisotopic (exact) mass is 184 g/mol. The van der Waals surface area contributed by atoms with Crippen molar-refractivity contribution in [2.24, 2.45) is 7.05 Å². The summed E-state index contributed by atoms with van der Waals surface area (Å²) in [5.41, 5.74) is 0.326. The fraction of sp³-hybridized carbons (Fsp3) is 0.583. The molecule has 0 unspecified atom stereocenters. The van der Waals surface area contributed by atoms with Crippen molar-refractivity contribution in [3.8, 4) is 0 Å². The van der Waals surface area contributed by atoms with E-state index in [-0.39, 0.29) is 16.5 Å². The van der Waals surface area contributed by atoms with E-state index in [0.29, 0.717) is 0 Å². The molecule has 0 fully saturated rings.